The summed E-state index contributed by atoms with van der Waals surface area (Å²) in [7, 11) is 1.46. The lowest BCUT2D eigenvalue weighted by atomic mass is 10.1. The van der Waals surface area contributed by atoms with Crippen LogP contribution in [0.3, 0.4) is 0 Å². The van der Waals surface area contributed by atoms with Crippen LogP contribution in [0.2, 0.25) is 0 Å². The minimum Gasteiger partial charge on any atom is -0.495 e. The molecule has 21 heavy (non-hydrogen) atoms. The molecule has 2 aromatic rings. The quantitative estimate of drug-likeness (QED) is 0.784. The third-order valence-electron chi connectivity index (χ3n) is 2.83. The fourth-order valence-electron chi connectivity index (χ4n) is 1.80. The number of hydrogen-bond donors (Lipinski definition) is 3. The number of aromatic carboxylic acids is 1. The molecular formula is C14H12N4O3. The number of benzene rings is 1. The Balaban J connectivity index is 2.51. The molecule has 1 heterocycles. The highest BCUT2D eigenvalue weighted by molar-refractivity contribution is 5.97. The lowest BCUT2D eigenvalue weighted by Crippen LogP contribution is -2.08. The summed E-state index contributed by atoms with van der Waals surface area (Å²) in [5, 5.41) is 21.0. The second-order valence-corrected chi connectivity index (χ2v) is 4.05. The molecule has 2 rings (SSSR count). The molecule has 0 radical (unpaired) electrons. The van der Waals surface area contributed by atoms with Gasteiger partial charge in [-0.15, -0.1) is 0 Å². The molecule has 0 unspecified atom stereocenters. The lowest BCUT2D eigenvalue weighted by Gasteiger charge is -2.14. The molecule has 0 saturated carbocycles. The fraction of sp³-hybridized carbons (Fsp3) is 0.0714. The third kappa shape index (κ3) is 2.69. The van der Waals surface area contributed by atoms with E-state index in [1.807, 2.05) is 6.07 Å². The summed E-state index contributed by atoms with van der Waals surface area (Å²) >= 11 is 0. The summed E-state index contributed by atoms with van der Waals surface area (Å²) in [6.07, 6.45) is 1.32. The number of nitrogen functional groups attached to an aromatic ring is 1. The van der Waals surface area contributed by atoms with Crippen LogP contribution in [0.15, 0.2) is 30.5 Å². The second-order valence-electron chi connectivity index (χ2n) is 4.05. The van der Waals surface area contributed by atoms with Gasteiger partial charge in [-0.25, -0.2) is 9.78 Å². The van der Waals surface area contributed by atoms with Crippen LogP contribution in [-0.4, -0.2) is 23.2 Å². The van der Waals surface area contributed by atoms with Crippen molar-refractivity contribution in [3.8, 4) is 11.8 Å². The predicted molar refractivity (Wildman–Crippen MR) is 76.6 cm³/mol. The number of carboxylic acid groups (broad SMARTS) is 1. The first-order valence-corrected chi connectivity index (χ1v) is 5.90. The number of nitrogens with two attached hydrogens (primary N) is 1. The van der Waals surface area contributed by atoms with Gasteiger partial charge in [0.25, 0.3) is 0 Å². The number of carboxylic acids is 1. The van der Waals surface area contributed by atoms with Gasteiger partial charge in [0.1, 0.15) is 17.5 Å². The van der Waals surface area contributed by atoms with E-state index in [-0.39, 0.29) is 17.1 Å². The summed E-state index contributed by atoms with van der Waals surface area (Å²) in [5.41, 5.74) is 6.41. The minimum atomic E-state index is -1.15. The fourth-order valence-corrected chi connectivity index (χ4v) is 1.80. The van der Waals surface area contributed by atoms with E-state index in [4.69, 9.17) is 20.8 Å². The molecule has 4 N–H and O–H groups in total. The lowest BCUT2D eigenvalue weighted by molar-refractivity contribution is 0.0698. The van der Waals surface area contributed by atoms with Gasteiger partial charge in [-0.2, -0.15) is 5.26 Å². The van der Waals surface area contributed by atoms with Gasteiger partial charge < -0.3 is 20.9 Å². The average Bonchev–Trinajstić information content (AvgIpc) is 2.49. The van der Waals surface area contributed by atoms with Crippen molar-refractivity contribution >= 4 is 23.2 Å². The van der Waals surface area contributed by atoms with E-state index in [1.165, 1.54) is 19.4 Å². The maximum absolute atomic E-state index is 11.1. The topological polar surface area (TPSA) is 121 Å². The smallest absolute Gasteiger partial charge is 0.337 e. The number of methoxy groups -OCH3 is 1. The SMILES string of the molecule is COc1cccc(C#N)c1Nc1nccc(C(=O)O)c1N. The molecule has 106 valence electrons. The van der Waals surface area contributed by atoms with Crippen LogP contribution in [0.4, 0.5) is 17.2 Å². The molecule has 1 aromatic heterocycles. The largest absolute Gasteiger partial charge is 0.495 e. The van der Waals surface area contributed by atoms with Crippen LogP contribution < -0.4 is 15.8 Å². The van der Waals surface area contributed by atoms with Gasteiger partial charge in [-0.05, 0) is 18.2 Å². The number of nitrogens with one attached hydrogen (secondary N) is 1. The molecule has 0 fully saturated rings. The van der Waals surface area contributed by atoms with Gasteiger partial charge in [0.15, 0.2) is 5.82 Å². The van der Waals surface area contributed by atoms with E-state index < -0.39 is 5.97 Å². The van der Waals surface area contributed by atoms with Crippen molar-refractivity contribution in [3.63, 3.8) is 0 Å². The number of aromatic nitrogens is 1. The van der Waals surface area contributed by atoms with Crippen molar-refractivity contribution < 1.29 is 14.6 Å². The first-order valence-electron chi connectivity index (χ1n) is 5.90. The van der Waals surface area contributed by atoms with Crippen molar-refractivity contribution in [1.29, 1.82) is 5.26 Å². The maximum Gasteiger partial charge on any atom is 0.337 e. The summed E-state index contributed by atoms with van der Waals surface area (Å²) in [6, 6.07) is 8.26. The van der Waals surface area contributed by atoms with Gasteiger partial charge in [0.05, 0.1) is 23.9 Å². The molecule has 0 bridgehead atoms. The molecule has 1 aromatic carbocycles. The van der Waals surface area contributed by atoms with Gasteiger partial charge in [-0.3, -0.25) is 0 Å². The van der Waals surface area contributed by atoms with E-state index in [0.717, 1.165) is 0 Å². The van der Waals surface area contributed by atoms with Crippen molar-refractivity contribution in [1.82, 2.24) is 4.98 Å². The zero-order valence-electron chi connectivity index (χ0n) is 11.1. The van der Waals surface area contributed by atoms with Crippen molar-refractivity contribution in [2.75, 3.05) is 18.2 Å². The van der Waals surface area contributed by atoms with E-state index in [9.17, 15) is 4.79 Å². The number of ether oxygens (including phenoxy) is 1. The zero-order chi connectivity index (χ0) is 15.4. The molecule has 0 spiro atoms. The van der Waals surface area contributed by atoms with E-state index in [1.54, 1.807) is 18.2 Å². The highest BCUT2D eigenvalue weighted by Crippen LogP contribution is 2.32. The third-order valence-corrected chi connectivity index (χ3v) is 2.83. The number of para-hydroxylation sites is 1. The summed E-state index contributed by atoms with van der Waals surface area (Å²) in [4.78, 5) is 15.1. The van der Waals surface area contributed by atoms with E-state index >= 15 is 0 Å². The Morgan fingerprint density at radius 1 is 1.48 bits per heavy atom. The molecule has 0 atom stereocenters. The number of nitriles is 1. The van der Waals surface area contributed by atoms with Crippen LogP contribution in [0.1, 0.15) is 15.9 Å². The number of carbonyl (C=O) groups is 1. The number of hydrogen-bond acceptors (Lipinski definition) is 6. The Bertz CT molecular complexity index is 737. The molecule has 7 heteroatoms. The number of anilines is 3. The molecule has 0 aliphatic heterocycles. The van der Waals surface area contributed by atoms with Crippen LogP contribution in [0.5, 0.6) is 5.75 Å². The van der Waals surface area contributed by atoms with Crippen molar-refractivity contribution in [2.45, 2.75) is 0 Å². The second kappa shape index (κ2) is 5.79. The molecular weight excluding hydrogens is 272 g/mol. The Morgan fingerprint density at radius 2 is 2.24 bits per heavy atom. The molecule has 0 amide bonds. The number of pyridine rings is 1. The zero-order valence-corrected chi connectivity index (χ0v) is 11.1. The van der Waals surface area contributed by atoms with Gasteiger partial charge >= 0.3 is 5.97 Å². The molecule has 0 aliphatic carbocycles. The Hall–Kier alpha value is -3.27. The highest BCUT2D eigenvalue weighted by Gasteiger charge is 2.15. The summed E-state index contributed by atoms with van der Waals surface area (Å²) in [5.74, 6) is -0.578. The normalized spacial score (nSPS) is 9.71. The summed E-state index contributed by atoms with van der Waals surface area (Å²) < 4.78 is 5.18. The van der Waals surface area contributed by atoms with E-state index in [2.05, 4.69) is 10.3 Å². The molecule has 7 nitrogen and oxygen atoms in total. The van der Waals surface area contributed by atoms with Crippen LogP contribution in [0, 0.1) is 11.3 Å². The Kier molecular flexibility index (Phi) is 3.90. The highest BCUT2D eigenvalue weighted by atomic mass is 16.5. The monoisotopic (exact) mass is 284 g/mol. The Labute approximate surface area is 120 Å². The first kappa shape index (κ1) is 14.1. The maximum atomic E-state index is 11.1. The average molecular weight is 284 g/mol. The van der Waals surface area contributed by atoms with Crippen molar-refractivity contribution in [3.05, 3.63) is 41.6 Å². The van der Waals surface area contributed by atoms with Crippen LogP contribution in [0.25, 0.3) is 0 Å². The van der Waals surface area contributed by atoms with Crippen molar-refractivity contribution in [2.24, 2.45) is 0 Å². The van der Waals surface area contributed by atoms with E-state index in [0.29, 0.717) is 17.0 Å². The van der Waals surface area contributed by atoms with Gasteiger partial charge in [-0.1, -0.05) is 6.07 Å². The van der Waals surface area contributed by atoms with Crippen LogP contribution in [-0.2, 0) is 0 Å². The number of nitrogens with zero attached hydrogens (tertiary/aromatic N) is 2. The predicted octanol–water partition coefficient (Wildman–Crippen LogP) is 1.99. The van der Waals surface area contributed by atoms with Gasteiger partial charge in [0, 0.05) is 6.20 Å². The minimum absolute atomic E-state index is 0.0141. The number of rotatable bonds is 4. The van der Waals surface area contributed by atoms with Gasteiger partial charge in [0.2, 0.25) is 0 Å². The Morgan fingerprint density at radius 3 is 2.86 bits per heavy atom. The van der Waals surface area contributed by atoms with Crippen LogP contribution >= 0.6 is 0 Å². The molecule has 0 saturated heterocycles. The first-order chi connectivity index (χ1) is 10.1. The molecule has 0 aliphatic rings. The standard InChI is InChI=1S/C14H12N4O3/c1-21-10-4-2-3-8(7-15)12(10)18-13-11(16)9(14(19)20)5-6-17-13/h2-6H,16H2,1H3,(H,17,18)(H,19,20). The summed E-state index contributed by atoms with van der Waals surface area (Å²) in [6.45, 7) is 0.